The van der Waals surface area contributed by atoms with Crippen molar-refractivity contribution >= 4 is 28.6 Å². The second-order valence-electron chi connectivity index (χ2n) is 6.69. The third-order valence-electron chi connectivity index (χ3n) is 4.09. The van der Waals surface area contributed by atoms with Crippen LogP contribution >= 0.6 is 11.8 Å². The normalized spacial score (nSPS) is 12.3. The quantitative estimate of drug-likeness (QED) is 0.501. The minimum absolute atomic E-state index is 0.00629. The largest absolute Gasteiger partial charge is 0.349 e. The molecular formula is C21H24N4OS. The smallest absolute Gasteiger partial charge is 0.230 e. The second-order valence-corrected chi connectivity index (χ2v) is 7.65. The van der Waals surface area contributed by atoms with Crippen LogP contribution in [0.5, 0.6) is 0 Å². The summed E-state index contributed by atoms with van der Waals surface area (Å²) in [6, 6.07) is 17.9. The number of carbonyl (C=O) groups is 1. The Kier molecular flexibility index (Phi) is 6.42. The van der Waals surface area contributed by atoms with Gasteiger partial charge in [0.2, 0.25) is 5.91 Å². The Balaban J connectivity index is 1.71. The molecule has 27 heavy (non-hydrogen) atoms. The lowest BCUT2D eigenvalue weighted by atomic mass is 10.1. The van der Waals surface area contributed by atoms with E-state index in [2.05, 4.69) is 15.3 Å². The van der Waals surface area contributed by atoms with E-state index in [-0.39, 0.29) is 11.9 Å². The molecule has 0 saturated carbocycles. The van der Waals surface area contributed by atoms with E-state index in [1.807, 2.05) is 80.5 Å². The fourth-order valence-corrected chi connectivity index (χ4v) is 3.65. The van der Waals surface area contributed by atoms with Crippen molar-refractivity contribution in [1.29, 1.82) is 0 Å². The number of benzene rings is 2. The van der Waals surface area contributed by atoms with Crippen LogP contribution in [0.4, 0.5) is 0 Å². The van der Waals surface area contributed by atoms with Crippen molar-refractivity contribution in [2.24, 2.45) is 0 Å². The summed E-state index contributed by atoms with van der Waals surface area (Å²) in [6.07, 6.45) is 0. The van der Waals surface area contributed by atoms with Crippen LogP contribution in [0.15, 0.2) is 59.6 Å². The van der Waals surface area contributed by atoms with Crippen LogP contribution in [0.3, 0.4) is 0 Å². The Morgan fingerprint density at radius 1 is 1.07 bits per heavy atom. The third kappa shape index (κ3) is 5.28. The number of carbonyl (C=O) groups excluding carboxylic acids is 1. The van der Waals surface area contributed by atoms with Crippen LogP contribution in [-0.2, 0) is 11.3 Å². The Morgan fingerprint density at radius 3 is 2.52 bits per heavy atom. The first-order valence-corrected chi connectivity index (χ1v) is 9.89. The molecule has 1 amide bonds. The zero-order valence-corrected chi connectivity index (χ0v) is 16.7. The predicted molar refractivity (Wildman–Crippen MR) is 111 cm³/mol. The number of hydrogen-bond acceptors (Lipinski definition) is 5. The minimum atomic E-state index is -0.0225. The summed E-state index contributed by atoms with van der Waals surface area (Å²) in [5.41, 5.74) is 2.00. The van der Waals surface area contributed by atoms with E-state index in [1.54, 1.807) is 0 Å². The number of para-hydroxylation sites is 1. The standard InChI is InChI=1S/C21H24N4OS/c1-15(16-9-5-4-6-10-16)22-20(26)14-27-21-17-11-7-8-12-18(17)23-19(24-21)13-25(2)3/h4-12,15H,13-14H2,1-3H3,(H,22,26)/t15-/m0/s1. The highest BCUT2D eigenvalue weighted by Crippen LogP contribution is 2.25. The van der Waals surface area contributed by atoms with Gasteiger partial charge in [-0.05, 0) is 32.6 Å². The molecule has 140 valence electrons. The zero-order chi connectivity index (χ0) is 19.2. The molecule has 0 unspecified atom stereocenters. The molecule has 0 aliphatic rings. The van der Waals surface area contributed by atoms with Crippen LogP contribution in [0.2, 0.25) is 0 Å². The molecule has 0 bridgehead atoms. The van der Waals surface area contributed by atoms with Gasteiger partial charge in [0.15, 0.2) is 0 Å². The number of hydrogen-bond donors (Lipinski definition) is 1. The van der Waals surface area contributed by atoms with Crippen molar-refractivity contribution in [1.82, 2.24) is 20.2 Å². The molecule has 0 saturated heterocycles. The Morgan fingerprint density at radius 2 is 1.78 bits per heavy atom. The van der Waals surface area contributed by atoms with Crippen molar-refractivity contribution in [2.75, 3.05) is 19.8 Å². The van der Waals surface area contributed by atoms with Gasteiger partial charge in [-0.2, -0.15) is 0 Å². The Hall–Kier alpha value is -2.44. The lowest BCUT2D eigenvalue weighted by molar-refractivity contribution is -0.119. The molecule has 5 nitrogen and oxygen atoms in total. The maximum absolute atomic E-state index is 12.4. The zero-order valence-electron chi connectivity index (χ0n) is 15.8. The average molecular weight is 381 g/mol. The van der Waals surface area contributed by atoms with Gasteiger partial charge in [0.1, 0.15) is 10.9 Å². The van der Waals surface area contributed by atoms with E-state index in [0.29, 0.717) is 12.3 Å². The van der Waals surface area contributed by atoms with E-state index < -0.39 is 0 Å². The highest BCUT2D eigenvalue weighted by molar-refractivity contribution is 8.00. The lowest BCUT2D eigenvalue weighted by Crippen LogP contribution is -2.28. The monoisotopic (exact) mass is 380 g/mol. The van der Waals surface area contributed by atoms with Crippen molar-refractivity contribution in [2.45, 2.75) is 24.5 Å². The maximum atomic E-state index is 12.4. The van der Waals surface area contributed by atoms with Gasteiger partial charge < -0.3 is 10.2 Å². The van der Waals surface area contributed by atoms with Crippen molar-refractivity contribution < 1.29 is 4.79 Å². The van der Waals surface area contributed by atoms with Gasteiger partial charge in [-0.25, -0.2) is 9.97 Å². The van der Waals surface area contributed by atoms with Gasteiger partial charge in [0.05, 0.1) is 23.9 Å². The van der Waals surface area contributed by atoms with E-state index in [9.17, 15) is 4.79 Å². The molecule has 0 aliphatic carbocycles. The number of amides is 1. The Bertz CT molecular complexity index is 914. The summed E-state index contributed by atoms with van der Waals surface area (Å²) < 4.78 is 0. The SMILES string of the molecule is C[C@H](NC(=O)CSc1nc(CN(C)C)nc2ccccc12)c1ccccc1. The highest BCUT2D eigenvalue weighted by Gasteiger charge is 2.13. The van der Waals surface area contributed by atoms with Crippen molar-refractivity contribution in [3.63, 3.8) is 0 Å². The Labute approximate surface area is 164 Å². The molecule has 0 fully saturated rings. The fraction of sp³-hybridized carbons (Fsp3) is 0.286. The summed E-state index contributed by atoms with van der Waals surface area (Å²) in [5.74, 6) is 1.08. The summed E-state index contributed by atoms with van der Waals surface area (Å²) >= 11 is 1.45. The number of rotatable bonds is 7. The van der Waals surface area contributed by atoms with Crippen LogP contribution < -0.4 is 5.32 Å². The van der Waals surface area contributed by atoms with Crippen LogP contribution in [0.1, 0.15) is 24.4 Å². The van der Waals surface area contributed by atoms with Gasteiger partial charge in [-0.3, -0.25) is 4.79 Å². The molecule has 3 rings (SSSR count). The fourth-order valence-electron chi connectivity index (χ4n) is 2.80. The first-order valence-electron chi connectivity index (χ1n) is 8.90. The maximum Gasteiger partial charge on any atom is 0.230 e. The van der Waals surface area contributed by atoms with E-state index >= 15 is 0 Å². The molecule has 0 radical (unpaired) electrons. The second kappa shape index (κ2) is 8.97. The minimum Gasteiger partial charge on any atom is -0.349 e. The summed E-state index contributed by atoms with van der Waals surface area (Å²) in [5, 5.41) is 4.88. The van der Waals surface area contributed by atoms with E-state index in [4.69, 9.17) is 0 Å². The lowest BCUT2D eigenvalue weighted by Gasteiger charge is -2.15. The van der Waals surface area contributed by atoms with Gasteiger partial charge in [0, 0.05) is 5.39 Å². The third-order valence-corrected chi connectivity index (χ3v) is 5.08. The van der Waals surface area contributed by atoms with Crippen LogP contribution in [0, 0.1) is 0 Å². The molecule has 0 aliphatic heterocycles. The average Bonchev–Trinajstić information content (AvgIpc) is 2.66. The van der Waals surface area contributed by atoms with Gasteiger partial charge in [-0.1, -0.05) is 60.3 Å². The van der Waals surface area contributed by atoms with Gasteiger partial charge >= 0.3 is 0 Å². The highest BCUT2D eigenvalue weighted by atomic mass is 32.2. The number of aromatic nitrogens is 2. The molecule has 6 heteroatoms. The number of nitrogens with zero attached hydrogens (tertiary/aromatic N) is 3. The number of nitrogens with one attached hydrogen (secondary N) is 1. The topological polar surface area (TPSA) is 58.1 Å². The van der Waals surface area contributed by atoms with Gasteiger partial charge in [0.25, 0.3) is 0 Å². The van der Waals surface area contributed by atoms with E-state index in [0.717, 1.165) is 27.3 Å². The summed E-state index contributed by atoms with van der Waals surface area (Å²) in [4.78, 5) is 23.8. The number of thioether (sulfide) groups is 1. The first-order chi connectivity index (χ1) is 13.0. The number of fused-ring (bicyclic) bond motifs is 1. The van der Waals surface area contributed by atoms with Crippen LogP contribution in [-0.4, -0.2) is 40.6 Å². The molecule has 1 N–H and O–H groups in total. The first kappa shape index (κ1) is 19.3. The summed E-state index contributed by atoms with van der Waals surface area (Å²) in [7, 11) is 3.98. The summed E-state index contributed by atoms with van der Waals surface area (Å²) in [6.45, 7) is 2.66. The molecule has 1 atom stereocenters. The molecule has 3 aromatic rings. The predicted octanol–water partition coefficient (Wildman–Crippen LogP) is 3.66. The van der Waals surface area contributed by atoms with Crippen LogP contribution in [0.25, 0.3) is 10.9 Å². The molecule has 2 aromatic carbocycles. The molecular weight excluding hydrogens is 356 g/mol. The van der Waals surface area contributed by atoms with Gasteiger partial charge in [-0.15, -0.1) is 0 Å². The molecule has 1 heterocycles. The molecule has 0 spiro atoms. The molecule has 1 aromatic heterocycles. The van der Waals surface area contributed by atoms with Crippen molar-refractivity contribution in [3.05, 3.63) is 66.0 Å². The van der Waals surface area contributed by atoms with Crippen molar-refractivity contribution in [3.8, 4) is 0 Å². The van der Waals surface area contributed by atoms with E-state index in [1.165, 1.54) is 11.8 Å².